The molecule has 4 rings (SSSR count). The predicted octanol–water partition coefficient (Wildman–Crippen LogP) is 6.62. The number of ether oxygens (including phenoxy) is 3. The third-order valence-electron chi connectivity index (χ3n) is 5.22. The first-order valence-electron chi connectivity index (χ1n) is 10.9. The van der Waals surface area contributed by atoms with E-state index in [0.717, 1.165) is 47.6 Å². The lowest BCUT2D eigenvalue weighted by atomic mass is 10.2. The average Bonchev–Trinajstić information content (AvgIpc) is 2.84. The maximum Gasteiger partial charge on any atom is 0.175 e. The van der Waals surface area contributed by atoms with Crippen LogP contribution in [0.5, 0.6) is 11.5 Å². The Bertz CT molecular complexity index is 1080. The molecule has 0 radical (unpaired) electrons. The molecule has 1 aliphatic heterocycles. The van der Waals surface area contributed by atoms with E-state index in [9.17, 15) is 0 Å². The smallest absolute Gasteiger partial charge is 0.175 e. The summed E-state index contributed by atoms with van der Waals surface area (Å²) in [6.45, 7) is 6.40. The second-order valence-corrected chi connectivity index (χ2v) is 9.65. The van der Waals surface area contributed by atoms with Gasteiger partial charge in [-0.15, -0.1) is 0 Å². The van der Waals surface area contributed by atoms with Crippen LogP contribution in [0.15, 0.2) is 70.1 Å². The van der Waals surface area contributed by atoms with Crippen molar-refractivity contribution in [3.05, 3.63) is 79.8 Å². The van der Waals surface area contributed by atoms with Crippen LogP contribution in [-0.4, -0.2) is 39.1 Å². The van der Waals surface area contributed by atoms with E-state index in [1.807, 2.05) is 37.4 Å². The van der Waals surface area contributed by atoms with Crippen LogP contribution in [0.4, 0.5) is 11.4 Å². The Hall–Kier alpha value is -2.10. The van der Waals surface area contributed by atoms with E-state index in [1.54, 1.807) is 0 Å². The molecule has 0 saturated carbocycles. The molecular weight excluding hydrogens is 595 g/mol. The number of aliphatic imine (C=N–C) groups is 1. The van der Waals surface area contributed by atoms with Gasteiger partial charge in [0.15, 0.2) is 11.5 Å². The Labute approximate surface area is 217 Å². The fourth-order valence-corrected chi connectivity index (χ4v) is 4.46. The highest BCUT2D eigenvalue weighted by atomic mass is 127. The van der Waals surface area contributed by atoms with Gasteiger partial charge in [-0.05, 0) is 105 Å². The van der Waals surface area contributed by atoms with Crippen LogP contribution in [0.25, 0.3) is 0 Å². The first kappa shape index (κ1) is 24.0. The van der Waals surface area contributed by atoms with Gasteiger partial charge in [-0.3, -0.25) is 4.99 Å². The monoisotopic (exact) mass is 620 g/mol. The number of hydrogen-bond donors (Lipinski definition) is 0. The highest BCUT2D eigenvalue weighted by Crippen LogP contribution is 2.37. The number of nitrogens with zero attached hydrogens (tertiary/aromatic N) is 2. The minimum Gasteiger partial charge on any atom is -0.490 e. The van der Waals surface area contributed by atoms with Crippen LogP contribution in [0.1, 0.15) is 18.1 Å². The van der Waals surface area contributed by atoms with Gasteiger partial charge in [0, 0.05) is 28.6 Å². The number of anilines is 1. The molecule has 0 amide bonds. The molecule has 1 saturated heterocycles. The van der Waals surface area contributed by atoms with Crippen molar-refractivity contribution in [2.75, 3.05) is 37.8 Å². The first-order chi connectivity index (χ1) is 16.1. The molecule has 1 heterocycles. The molecule has 5 nitrogen and oxygen atoms in total. The topological polar surface area (TPSA) is 43.3 Å². The van der Waals surface area contributed by atoms with Crippen LogP contribution in [0.3, 0.4) is 0 Å². The Morgan fingerprint density at radius 3 is 2.45 bits per heavy atom. The molecule has 172 valence electrons. The molecule has 3 aromatic rings. The quantitative estimate of drug-likeness (QED) is 0.210. The van der Waals surface area contributed by atoms with Gasteiger partial charge in [-0.25, -0.2) is 0 Å². The third-order valence-corrected chi connectivity index (χ3v) is 6.52. The van der Waals surface area contributed by atoms with Crippen LogP contribution in [-0.2, 0) is 11.3 Å². The van der Waals surface area contributed by atoms with Gasteiger partial charge in [0.05, 0.1) is 30.0 Å². The fourth-order valence-electron chi connectivity index (χ4n) is 3.52. The Kier molecular flexibility index (Phi) is 8.63. The number of rotatable bonds is 8. The summed E-state index contributed by atoms with van der Waals surface area (Å²) in [4.78, 5) is 6.98. The van der Waals surface area contributed by atoms with Gasteiger partial charge in [0.2, 0.25) is 0 Å². The number of hydrogen-bond acceptors (Lipinski definition) is 5. The van der Waals surface area contributed by atoms with E-state index in [4.69, 9.17) is 14.2 Å². The van der Waals surface area contributed by atoms with Gasteiger partial charge < -0.3 is 19.1 Å². The molecule has 0 bridgehead atoms. The number of benzene rings is 3. The van der Waals surface area contributed by atoms with Crippen LogP contribution < -0.4 is 14.4 Å². The third kappa shape index (κ3) is 6.71. The minimum atomic E-state index is 0.471. The van der Waals surface area contributed by atoms with E-state index in [-0.39, 0.29) is 0 Å². The van der Waals surface area contributed by atoms with E-state index < -0.39 is 0 Å². The van der Waals surface area contributed by atoms with Crippen molar-refractivity contribution in [1.82, 2.24) is 0 Å². The molecule has 0 unspecified atom stereocenters. The number of morpholine rings is 1. The maximum atomic E-state index is 6.10. The highest BCUT2D eigenvalue weighted by molar-refractivity contribution is 14.1. The standard InChI is InChI=1S/C26H26BrIN2O3/c1-2-32-25-16-20(15-24(27)26(25)33-18-19-3-5-21(28)6-4-19)17-29-22-7-9-23(10-8-22)30-11-13-31-14-12-30/h3-10,15-17H,2,11-14,18H2,1H3. The lowest BCUT2D eigenvalue weighted by molar-refractivity contribution is 0.122. The van der Waals surface area contributed by atoms with E-state index in [0.29, 0.717) is 24.7 Å². The molecule has 0 atom stereocenters. The Morgan fingerprint density at radius 2 is 1.76 bits per heavy atom. The van der Waals surface area contributed by atoms with Crippen LogP contribution in [0.2, 0.25) is 0 Å². The lowest BCUT2D eigenvalue weighted by Crippen LogP contribution is -2.36. The van der Waals surface area contributed by atoms with Crippen molar-refractivity contribution in [2.24, 2.45) is 4.99 Å². The summed E-state index contributed by atoms with van der Waals surface area (Å²) in [5.41, 5.74) is 4.15. The summed E-state index contributed by atoms with van der Waals surface area (Å²) in [5.74, 6) is 1.39. The summed E-state index contributed by atoms with van der Waals surface area (Å²) in [6, 6.07) is 20.6. The van der Waals surface area contributed by atoms with Crippen LogP contribution >= 0.6 is 38.5 Å². The minimum absolute atomic E-state index is 0.471. The summed E-state index contributed by atoms with van der Waals surface area (Å²) >= 11 is 5.95. The van der Waals surface area contributed by atoms with Gasteiger partial charge >= 0.3 is 0 Å². The second kappa shape index (κ2) is 11.9. The highest BCUT2D eigenvalue weighted by Gasteiger charge is 2.13. The molecule has 0 N–H and O–H groups in total. The normalized spacial score (nSPS) is 14.0. The predicted molar refractivity (Wildman–Crippen MR) is 146 cm³/mol. The van der Waals surface area contributed by atoms with Crippen molar-refractivity contribution in [3.8, 4) is 11.5 Å². The van der Waals surface area contributed by atoms with Gasteiger partial charge in [-0.1, -0.05) is 12.1 Å². The maximum absolute atomic E-state index is 6.10. The van der Waals surface area contributed by atoms with Crippen molar-refractivity contribution >= 4 is 56.1 Å². The SMILES string of the molecule is CCOc1cc(C=Nc2ccc(N3CCOCC3)cc2)cc(Br)c1OCc1ccc(I)cc1. The van der Waals surface area contributed by atoms with Crippen molar-refractivity contribution in [1.29, 1.82) is 0 Å². The molecule has 0 spiro atoms. The van der Waals surface area contributed by atoms with Crippen molar-refractivity contribution < 1.29 is 14.2 Å². The molecule has 7 heteroatoms. The van der Waals surface area contributed by atoms with Crippen molar-refractivity contribution in [3.63, 3.8) is 0 Å². The fraction of sp³-hybridized carbons (Fsp3) is 0.269. The molecule has 0 aliphatic carbocycles. The number of halogens is 2. The van der Waals surface area contributed by atoms with Gasteiger partial charge in [-0.2, -0.15) is 0 Å². The summed E-state index contributed by atoms with van der Waals surface area (Å²) in [6.07, 6.45) is 1.85. The van der Waals surface area contributed by atoms with E-state index in [2.05, 4.69) is 84.8 Å². The Balaban J connectivity index is 1.47. The van der Waals surface area contributed by atoms with Gasteiger partial charge in [0.1, 0.15) is 6.61 Å². The van der Waals surface area contributed by atoms with Crippen molar-refractivity contribution in [2.45, 2.75) is 13.5 Å². The lowest BCUT2D eigenvalue weighted by Gasteiger charge is -2.28. The zero-order valence-electron chi connectivity index (χ0n) is 18.5. The van der Waals surface area contributed by atoms with Crippen LogP contribution in [0, 0.1) is 3.57 Å². The zero-order chi connectivity index (χ0) is 23.0. The molecular formula is C26H26BrIN2O3. The van der Waals surface area contributed by atoms with E-state index >= 15 is 0 Å². The molecule has 0 aromatic heterocycles. The molecule has 3 aromatic carbocycles. The summed E-state index contributed by atoms with van der Waals surface area (Å²) in [7, 11) is 0. The molecule has 33 heavy (non-hydrogen) atoms. The first-order valence-corrected chi connectivity index (χ1v) is 12.8. The zero-order valence-corrected chi connectivity index (χ0v) is 22.2. The molecule has 1 aliphatic rings. The Morgan fingerprint density at radius 1 is 1.03 bits per heavy atom. The largest absolute Gasteiger partial charge is 0.490 e. The summed E-state index contributed by atoms with van der Waals surface area (Å²) in [5, 5.41) is 0. The summed E-state index contributed by atoms with van der Waals surface area (Å²) < 4.78 is 19.4. The molecule has 1 fully saturated rings. The second-order valence-electron chi connectivity index (χ2n) is 7.55. The van der Waals surface area contributed by atoms with Gasteiger partial charge in [0.25, 0.3) is 0 Å². The van der Waals surface area contributed by atoms with E-state index in [1.165, 1.54) is 9.26 Å². The average molecular weight is 621 g/mol.